The molecule has 6 heteroatoms. The van der Waals surface area contributed by atoms with Crippen molar-refractivity contribution in [2.75, 3.05) is 6.54 Å². The highest BCUT2D eigenvalue weighted by molar-refractivity contribution is 5.94. The summed E-state index contributed by atoms with van der Waals surface area (Å²) in [6.07, 6.45) is 4.24. The van der Waals surface area contributed by atoms with E-state index in [-0.39, 0.29) is 17.7 Å². The first-order valence-electron chi connectivity index (χ1n) is 9.15. The molecular weight excluding hydrogens is 357 g/mol. The van der Waals surface area contributed by atoms with Gasteiger partial charge in [0.1, 0.15) is 11.6 Å². The van der Waals surface area contributed by atoms with Crippen molar-refractivity contribution in [3.63, 3.8) is 0 Å². The molecule has 0 saturated heterocycles. The van der Waals surface area contributed by atoms with E-state index in [0.29, 0.717) is 23.8 Å². The standard InChI is InChI=1S/C22H22FN3O2/c1-15(2)11-12-24-21(27)17-5-3-16(4-6-17)18-13-25-22(26-14-18)28-20-9-7-19(23)8-10-20/h3-10,13-15H,11-12H2,1-2H3,(H,24,27). The predicted octanol–water partition coefficient (Wildman–Crippen LogP) is 4.85. The van der Waals surface area contributed by atoms with Crippen molar-refractivity contribution >= 4 is 5.91 Å². The topological polar surface area (TPSA) is 64.1 Å². The zero-order chi connectivity index (χ0) is 19.9. The van der Waals surface area contributed by atoms with E-state index in [2.05, 4.69) is 29.1 Å². The summed E-state index contributed by atoms with van der Waals surface area (Å²) in [5.74, 6) is 0.604. The Kier molecular flexibility index (Phi) is 6.32. The molecule has 1 heterocycles. The first-order valence-corrected chi connectivity index (χ1v) is 9.15. The van der Waals surface area contributed by atoms with Crippen LogP contribution in [0.15, 0.2) is 60.9 Å². The average Bonchev–Trinajstić information content (AvgIpc) is 2.70. The Hall–Kier alpha value is -3.28. The van der Waals surface area contributed by atoms with Crippen molar-refractivity contribution < 1.29 is 13.9 Å². The number of halogens is 1. The first-order chi connectivity index (χ1) is 13.5. The van der Waals surface area contributed by atoms with E-state index in [0.717, 1.165) is 17.5 Å². The first kappa shape index (κ1) is 19.5. The molecule has 1 N–H and O–H groups in total. The predicted molar refractivity (Wildman–Crippen MR) is 106 cm³/mol. The quantitative estimate of drug-likeness (QED) is 0.637. The molecule has 0 aliphatic carbocycles. The molecule has 0 aliphatic heterocycles. The molecule has 0 fully saturated rings. The number of nitrogens with one attached hydrogen (secondary N) is 1. The minimum atomic E-state index is -0.333. The third-order valence-corrected chi connectivity index (χ3v) is 4.14. The second-order valence-corrected chi connectivity index (χ2v) is 6.83. The highest BCUT2D eigenvalue weighted by Gasteiger charge is 2.07. The van der Waals surface area contributed by atoms with Gasteiger partial charge in [0.25, 0.3) is 5.91 Å². The number of nitrogens with zero attached hydrogens (tertiary/aromatic N) is 2. The third-order valence-electron chi connectivity index (χ3n) is 4.14. The second kappa shape index (κ2) is 9.08. The Balaban J connectivity index is 1.62. The molecule has 2 aromatic carbocycles. The number of hydrogen-bond acceptors (Lipinski definition) is 4. The van der Waals surface area contributed by atoms with Crippen LogP contribution in [0.5, 0.6) is 11.8 Å². The van der Waals surface area contributed by atoms with Gasteiger partial charge in [-0.1, -0.05) is 26.0 Å². The molecule has 0 saturated carbocycles. The fraction of sp³-hybridized carbons (Fsp3) is 0.227. The normalized spacial score (nSPS) is 10.7. The van der Waals surface area contributed by atoms with E-state index >= 15 is 0 Å². The Labute approximate surface area is 163 Å². The van der Waals surface area contributed by atoms with E-state index < -0.39 is 0 Å². The summed E-state index contributed by atoms with van der Waals surface area (Å²) in [5, 5.41) is 2.92. The Morgan fingerprint density at radius 1 is 1.00 bits per heavy atom. The van der Waals surface area contributed by atoms with Crippen LogP contribution in [-0.2, 0) is 0 Å². The van der Waals surface area contributed by atoms with Crippen molar-refractivity contribution in [1.82, 2.24) is 15.3 Å². The van der Waals surface area contributed by atoms with E-state index in [9.17, 15) is 9.18 Å². The third kappa shape index (κ3) is 5.36. The number of ether oxygens (including phenoxy) is 1. The summed E-state index contributed by atoms with van der Waals surface area (Å²) in [6, 6.07) is 13.1. The van der Waals surface area contributed by atoms with E-state index in [1.165, 1.54) is 24.3 Å². The molecule has 1 aromatic heterocycles. The molecule has 0 aliphatic rings. The molecule has 0 atom stereocenters. The van der Waals surface area contributed by atoms with Crippen LogP contribution in [0.4, 0.5) is 4.39 Å². The molecule has 0 spiro atoms. The molecule has 28 heavy (non-hydrogen) atoms. The number of amides is 1. The molecule has 5 nitrogen and oxygen atoms in total. The van der Waals surface area contributed by atoms with Crippen LogP contribution in [-0.4, -0.2) is 22.4 Å². The molecule has 0 bridgehead atoms. The van der Waals surface area contributed by atoms with Crippen LogP contribution in [0.25, 0.3) is 11.1 Å². The number of rotatable bonds is 7. The van der Waals surface area contributed by atoms with E-state index in [1.807, 2.05) is 12.1 Å². The van der Waals surface area contributed by atoms with Gasteiger partial charge >= 0.3 is 6.01 Å². The molecule has 1 amide bonds. The van der Waals surface area contributed by atoms with Crippen LogP contribution >= 0.6 is 0 Å². The number of carbonyl (C=O) groups excluding carboxylic acids is 1. The van der Waals surface area contributed by atoms with Gasteiger partial charge in [0, 0.05) is 30.1 Å². The van der Waals surface area contributed by atoms with Crippen LogP contribution in [0, 0.1) is 11.7 Å². The van der Waals surface area contributed by atoms with Crippen LogP contribution in [0.1, 0.15) is 30.6 Å². The molecule has 0 radical (unpaired) electrons. The highest BCUT2D eigenvalue weighted by atomic mass is 19.1. The molecule has 3 aromatic rings. The Morgan fingerprint density at radius 2 is 1.64 bits per heavy atom. The Morgan fingerprint density at radius 3 is 2.25 bits per heavy atom. The van der Waals surface area contributed by atoms with Gasteiger partial charge in [-0.15, -0.1) is 0 Å². The van der Waals surface area contributed by atoms with Crippen molar-refractivity contribution in [3.05, 3.63) is 72.3 Å². The largest absolute Gasteiger partial charge is 0.424 e. The van der Waals surface area contributed by atoms with Gasteiger partial charge < -0.3 is 10.1 Å². The van der Waals surface area contributed by atoms with E-state index in [4.69, 9.17) is 4.74 Å². The minimum Gasteiger partial charge on any atom is -0.424 e. The lowest BCUT2D eigenvalue weighted by atomic mass is 10.1. The van der Waals surface area contributed by atoms with Crippen LogP contribution in [0.3, 0.4) is 0 Å². The van der Waals surface area contributed by atoms with Crippen molar-refractivity contribution in [1.29, 1.82) is 0 Å². The average molecular weight is 379 g/mol. The lowest BCUT2D eigenvalue weighted by Gasteiger charge is -2.08. The van der Waals surface area contributed by atoms with Gasteiger partial charge in [0.2, 0.25) is 0 Å². The summed E-state index contributed by atoms with van der Waals surface area (Å²) >= 11 is 0. The maximum Gasteiger partial charge on any atom is 0.321 e. The van der Waals surface area contributed by atoms with Crippen molar-refractivity contribution in [2.24, 2.45) is 5.92 Å². The maximum absolute atomic E-state index is 12.9. The summed E-state index contributed by atoms with van der Waals surface area (Å²) in [4.78, 5) is 20.5. The van der Waals surface area contributed by atoms with Crippen LogP contribution < -0.4 is 10.1 Å². The lowest BCUT2D eigenvalue weighted by Crippen LogP contribution is -2.25. The summed E-state index contributed by atoms with van der Waals surface area (Å²) < 4.78 is 18.4. The second-order valence-electron chi connectivity index (χ2n) is 6.83. The van der Waals surface area contributed by atoms with Gasteiger partial charge in [0.15, 0.2) is 0 Å². The molecular formula is C22H22FN3O2. The number of hydrogen-bond donors (Lipinski definition) is 1. The smallest absolute Gasteiger partial charge is 0.321 e. The number of benzene rings is 2. The fourth-order valence-corrected chi connectivity index (χ4v) is 2.52. The fourth-order valence-electron chi connectivity index (χ4n) is 2.52. The lowest BCUT2D eigenvalue weighted by molar-refractivity contribution is 0.0952. The van der Waals surface area contributed by atoms with E-state index in [1.54, 1.807) is 24.5 Å². The maximum atomic E-state index is 12.9. The summed E-state index contributed by atoms with van der Waals surface area (Å²) in [7, 11) is 0. The van der Waals surface area contributed by atoms with Crippen molar-refractivity contribution in [2.45, 2.75) is 20.3 Å². The summed E-state index contributed by atoms with van der Waals surface area (Å²) in [6.45, 7) is 4.92. The van der Waals surface area contributed by atoms with Gasteiger partial charge in [-0.2, -0.15) is 0 Å². The van der Waals surface area contributed by atoms with Gasteiger partial charge in [-0.3, -0.25) is 4.79 Å². The number of carbonyl (C=O) groups is 1. The zero-order valence-corrected chi connectivity index (χ0v) is 15.9. The van der Waals surface area contributed by atoms with Gasteiger partial charge in [0.05, 0.1) is 0 Å². The zero-order valence-electron chi connectivity index (χ0n) is 15.9. The van der Waals surface area contributed by atoms with Gasteiger partial charge in [-0.05, 0) is 54.3 Å². The highest BCUT2D eigenvalue weighted by Crippen LogP contribution is 2.22. The monoisotopic (exact) mass is 379 g/mol. The molecule has 3 rings (SSSR count). The molecule has 0 unspecified atom stereocenters. The Bertz CT molecular complexity index is 908. The van der Waals surface area contributed by atoms with Crippen molar-refractivity contribution in [3.8, 4) is 22.9 Å². The molecule has 144 valence electrons. The number of aromatic nitrogens is 2. The van der Waals surface area contributed by atoms with Gasteiger partial charge in [-0.25, -0.2) is 14.4 Å². The van der Waals surface area contributed by atoms with Crippen LogP contribution in [0.2, 0.25) is 0 Å². The summed E-state index contributed by atoms with van der Waals surface area (Å²) in [5.41, 5.74) is 2.31. The minimum absolute atomic E-state index is 0.0773. The SMILES string of the molecule is CC(C)CCNC(=O)c1ccc(-c2cnc(Oc3ccc(F)cc3)nc2)cc1.